The van der Waals surface area contributed by atoms with E-state index in [1.807, 2.05) is 0 Å². The lowest BCUT2D eigenvalue weighted by Gasteiger charge is -2.14. The summed E-state index contributed by atoms with van der Waals surface area (Å²) in [7, 11) is 0. The summed E-state index contributed by atoms with van der Waals surface area (Å²) in [5.41, 5.74) is 5.11. The zero-order chi connectivity index (χ0) is 15.9. The van der Waals surface area contributed by atoms with Crippen LogP contribution in [0.5, 0.6) is 0 Å². The van der Waals surface area contributed by atoms with Crippen LogP contribution in [0.2, 0.25) is 0 Å². The highest BCUT2D eigenvalue weighted by Crippen LogP contribution is 2.55. The Bertz CT molecular complexity index is 872. The van der Waals surface area contributed by atoms with Crippen LogP contribution in [0.3, 0.4) is 0 Å². The predicted molar refractivity (Wildman–Crippen MR) is 97.0 cm³/mol. The number of fused-ring (bicyclic) bond motifs is 1. The van der Waals surface area contributed by atoms with Gasteiger partial charge in [0, 0.05) is 0 Å². The van der Waals surface area contributed by atoms with Crippen molar-refractivity contribution >= 4 is 5.71 Å². The molecule has 3 aromatic rings. The predicted octanol–water partition coefficient (Wildman–Crippen LogP) is 4.61. The molecule has 0 bridgehead atoms. The monoisotopic (exact) mass is 310 g/mol. The van der Waals surface area contributed by atoms with Crippen molar-refractivity contribution in [1.29, 1.82) is 0 Å². The smallest absolute Gasteiger partial charge is 0.129 e. The van der Waals surface area contributed by atoms with E-state index in [9.17, 15) is 0 Å². The van der Waals surface area contributed by atoms with Gasteiger partial charge in [-0.3, -0.25) is 9.89 Å². The Morgan fingerprint density at radius 3 is 1.75 bits per heavy atom. The molecule has 5 rings (SSSR count). The Kier molecular flexibility index (Phi) is 3.10. The van der Waals surface area contributed by atoms with Crippen molar-refractivity contribution in [2.45, 2.75) is 18.2 Å². The summed E-state index contributed by atoms with van der Waals surface area (Å²) in [5, 5.41) is 0. The molecule has 24 heavy (non-hydrogen) atoms. The van der Waals surface area contributed by atoms with E-state index in [-0.39, 0.29) is 6.17 Å². The fraction of sp³-hybridized carbons (Fsp3) is 0.136. The van der Waals surface area contributed by atoms with E-state index in [1.54, 1.807) is 0 Å². The molecule has 1 saturated heterocycles. The minimum Gasteiger partial charge on any atom is -0.263 e. The Hall–Kier alpha value is -2.71. The molecule has 0 radical (unpaired) electrons. The first-order chi connectivity index (χ1) is 11.9. The standard InChI is InChI=1S/C22H18N2/c1-4-10-16(11-5-1)19-21-20(17-12-6-2-7-13-17)24(21)22(23-19)18-14-8-3-9-15-18/h1-15,20-22H/t20-,21+,22-,24?/m1/s1. The van der Waals surface area contributed by atoms with Gasteiger partial charge < -0.3 is 0 Å². The summed E-state index contributed by atoms with van der Waals surface area (Å²) in [6.45, 7) is 0. The van der Waals surface area contributed by atoms with Crippen molar-refractivity contribution < 1.29 is 0 Å². The average molecular weight is 310 g/mol. The second-order valence-electron chi connectivity index (χ2n) is 6.41. The Labute approximate surface area is 142 Å². The lowest BCUT2D eigenvalue weighted by molar-refractivity contribution is 0.404. The maximum absolute atomic E-state index is 5.08. The van der Waals surface area contributed by atoms with Crippen LogP contribution in [0, 0.1) is 0 Å². The van der Waals surface area contributed by atoms with Crippen molar-refractivity contribution in [3.63, 3.8) is 0 Å². The molecule has 0 amide bonds. The zero-order valence-corrected chi connectivity index (χ0v) is 13.3. The topological polar surface area (TPSA) is 15.4 Å². The first-order valence-electron chi connectivity index (χ1n) is 8.44. The van der Waals surface area contributed by atoms with Crippen molar-refractivity contribution in [2.75, 3.05) is 0 Å². The van der Waals surface area contributed by atoms with E-state index < -0.39 is 0 Å². The van der Waals surface area contributed by atoms with Crippen LogP contribution in [0.25, 0.3) is 0 Å². The summed E-state index contributed by atoms with van der Waals surface area (Å²) in [6, 6.07) is 32.8. The van der Waals surface area contributed by atoms with Crippen LogP contribution >= 0.6 is 0 Å². The van der Waals surface area contributed by atoms with Gasteiger partial charge in [0.1, 0.15) is 6.17 Å². The number of aliphatic imine (C=N–C) groups is 1. The summed E-state index contributed by atoms with van der Waals surface area (Å²) < 4.78 is 0. The third kappa shape index (κ3) is 2.11. The van der Waals surface area contributed by atoms with Crippen LogP contribution < -0.4 is 0 Å². The maximum Gasteiger partial charge on any atom is 0.129 e. The van der Waals surface area contributed by atoms with E-state index in [1.165, 1.54) is 22.4 Å². The van der Waals surface area contributed by atoms with Gasteiger partial charge in [-0.2, -0.15) is 0 Å². The molecular weight excluding hydrogens is 292 g/mol. The molecule has 2 aliphatic rings. The Morgan fingerprint density at radius 1 is 0.583 bits per heavy atom. The number of hydrogen-bond acceptors (Lipinski definition) is 2. The van der Waals surface area contributed by atoms with Gasteiger partial charge in [0.2, 0.25) is 0 Å². The highest BCUT2D eigenvalue weighted by atomic mass is 15.5. The van der Waals surface area contributed by atoms with Gasteiger partial charge >= 0.3 is 0 Å². The van der Waals surface area contributed by atoms with Crippen LogP contribution in [-0.4, -0.2) is 16.7 Å². The summed E-state index contributed by atoms with van der Waals surface area (Å²) >= 11 is 0. The number of nitrogens with zero attached hydrogens (tertiary/aromatic N) is 2. The van der Waals surface area contributed by atoms with Crippen molar-refractivity contribution in [3.8, 4) is 0 Å². The molecular formula is C22H18N2. The third-order valence-corrected chi connectivity index (χ3v) is 4.98. The fourth-order valence-electron chi connectivity index (χ4n) is 3.85. The van der Waals surface area contributed by atoms with E-state index in [2.05, 4.69) is 95.9 Å². The molecule has 1 unspecified atom stereocenters. The summed E-state index contributed by atoms with van der Waals surface area (Å²) in [5.74, 6) is 0. The molecule has 2 nitrogen and oxygen atoms in total. The minimum atomic E-state index is 0.122. The molecule has 1 fully saturated rings. The largest absolute Gasteiger partial charge is 0.263 e. The number of benzene rings is 3. The quantitative estimate of drug-likeness (QED) is 0.645. The van der Waals surface area contributed by atoms with Gasteiger partial charge in [-0.25, -0.2) is 0 Å². The molecule has 116 valence electrons. The first-order valence-corrected chi connectivity index (χ1v) is 8.44. The Morgan fingerprint density at radius 2 is 1.12 bits per heavy atom. The SMILES string of the molecule is c1ccc(C2=N[C@@H](c3ccccc3)N3[C@H](c4ccccc4)[C@H]23)cc1. The highest BCUT2D eigenvalue weighted by molar-refractivity contribution is 6.08. The number of hydrogen-bond donors (Lipinski definition) is 0. The van der Waals surface area contributed by atoms with Crippen molar-refractivity contribution in [3.05, 3.63) is 108 Å². The van der Waals surface area contributed by atoms with Gasteiger partial charge in [0.15, 0.2) is 0 Å². The molecule has 3 aromatic carbocycles. The second kappa shape index (κ2) is 5.43. The van der Waals surface area contributed by atoms with Gasteiger partial charge in [-0.05, 0) is 16.7 Å². The van der Waals surface area contributed by atoms with Crippen LogP contribution in [-0.2, 0) is 0 Å². The summed E-state index contributed by atoms with van der Waals surface area (Å²) in [6.07, 6.45) is 0.122. The normalized spacial score (nSPS) is 27.4. The van der Waals surface area contributed by atoms with E-state index >= 15 is 0 Å². The van der Waals surface area contributed by atoms with Crippen LogP contribution in [0.4, 0.5) is 0 Å². The lowest BCUT2D eigenvalue weighted by atomic mass is 10.0. The third-order valence-electron chi connectivity index (χ3n) is 4.98. The van der Waals surface area contributed by atoms with Crippen LogP contribution in [0.15, 0.2) is 96.0 Å². The fourth-order valence-corrected chi connectivity index (χ4v) is 3.85. The lowest BCUT2D eigenvalue weighted by Crippen LogP contribution is -2.08. The van der Waals surface area contributed by atoms with Crippen molar-refractivity contribution in [1.82, 2.24) is 4.90 Å². The molecule has 0 N–H and O–H groups in total. The van der Waals surface area contributed by atoms with Gasteiger partial charge in [-0.1, -0.05) is 91.0 Å². The molecule has 2 heterocycles. The van der Waals surface area contributed by atoms with E-state index in [0.717, 1.165) is 0 Å². The van der Waals surface area contributed by atoms with E-state index in [0.29, 0.717) is 12.1 Å². The van der Waals surface area contributed by atoms with Crippen molar-refractivity contribution in [2.24, 2.45) is 4.99 Å². The number of rotatable bonds is 3. The molecule has 0 spiro atoms. The molecule has 0 aliphatic carbocycles. The highest BCUT2D eigenvalue weighted by Gasteiger charge is 2.59. The molecule has 2 heteroatoms. The van der Waals surface area contributed by atoms with Gasteiger partial charge in [0.05, 0.1) is 17.8 Å². The van der Waals surface area contributed by atoms with Crippen LogP contribution in [0.1, 0.15) is 28.9 Å². The van der Waals surface area contributed by atoms with Gasteiger partial charge in [0.25, 0.3) is 0 Å². The van der Waals surface area contributed by atoms with Gasteiger partial charge in [-0.15, -0.1) is 0 Å². The second-order valence-corrected chi connectivity index (χ2v) is 6.41. The zero-order valence-electron chi connectivity index (χ0n) is 13.3. The minimum absolute atomic E-state index is 0.122. The molecule has 2 aliphatic heterocycles. The maximum atomic E-state index is 5.08. The van der Waals surface area contributed by atoms with E-state index in [4.69, 9.17) is 4.99 Å². The Balaban J connectivity index is 1.58. The molecule has 0 saturated carbocycles. The summed E-state index contributed by atoms with van der Waals surface area (Å²) in [4.78, 5) is 7.60. The molecule has 4 atom stereocenters. The average Bonchev–Trinajstić information content (AvgIpc) is 3.28. The first kappa shape index (κ1) is 13.7. The molecule has 0 aromatic heterocycles.